The van der Waals surface area contributed by atoms with Crippen molar-refractivity contribution in [3.8, 4) is 0 Å². The van der Waals surface area contributed by atoms with Gasteiger partial charge < -0.3 is 15.2 Å². The molecule has 2 atom stereocenters. The van der Waals surface area contributed by atoms with Crippen molar-refractivity contribution >= 4 is 0 Å². The molecule has 1 saturated heterocycles. The number of rotatable bonds is 3. The van der Waals surface area contributed by atoms with Gasteiger partial charge in [-0.25, -0.2) is 0 Å². The molecule has 0 aromatic carbocycles. The molecule has 3 heteroatoms. The lowest BCUT2D eigenvalue weighted by atomic mass is 9.84. The van der Waals surface area contributed by atoms with Gasteiger partial charge in [0.05, 0.1) is 12.2 Å². The Hall–Kier alpha value is -0.120. The van der Waals surface area contributed by atoms with Gasteiger partial charge in [0.1, 0.15) is 0 Å². The number of ether oxygens (including phenoxy) is 1. The van der Waals surface area contributed by atoms with Crippen LogP contribution in [-0.2, 0) is 4.74 Å². The molecule has 0 saturated carbocycles. The maximum absolute atomic E-state index is 9.97. The fourth-order valence-corrected chi connectivity index (χ4v) is 1.79. The molecule has 0 aromatic heterocycles. The zero-order valence-corrected chi connectivity index (χ0v) is 7.97. The lowest BCUT2D eigenvalue weighted by molar-refractivity contribution is -0.0656. The summed E-state index contributed by atoms with van der Waals surface area (Å²) in [6.07, 6.45) is 2.26. The Balaban J connectivity index is 2.41. The summed E-state index contributed by atoms with van der Waals surface area (Å²) < 4.78 is 4.98. The molecule has 0 unspecified atom stereocenters. The number of piperidine rings is 1. The Labute approximate surface area is 74.1 Å². The minimum absolute atomic E-state index is 0.339. The topological polar surface area (TPSA) is 41.5 Å². The van der Waals surface area contributed by atoms with Crippen LogP contribution in [0.4, 0.5) is 0 Å². The highest BCUT2D eigenvalue weighted by Gasteiger charge is 2.32. The van der Waals surface area contributed by atoms with Crippen LogP contribution in [-0.4, -0.2) is 37.5 Å². The standard InChI is InChI=1S/C9H19NO2/c1-9(11,7-12-2)8-4-3-5-10-6-8/h8,10-11H,3-7H2,1-2H3/t8-,9+/m0/s1. The summed E-state index contributed by atoms with van der Waals surface area (Å²) in [4.78, 5) is 0. The third-order valence-corrected chi connectivity index (χ3v) is 2.61. The molecule has 12 heavy (non-hydrogen) atoms. The second kappa shape index (κ2) is 4.21. The van der Waals surface area contributed by atoms with Crippen molar-refractivity contribution in [3.63, 3.8) is 0 Å². The van der Waals surface area contributed by atoms with Gasteiger partial charge >= 0.3 is 0 Å². The van der Waals surface area contributed by atoms with Crippen LogP contribution < -0.4 is 5.32 Å². The zero-order chi connectivity index (χ0) is 9.03. The van der Waals surface area contributed by atoms with Gasteiger partial charge in [0, 0.05) is 19.6 Å². The molecule has 0 aromatic rings. The maximum atomic E-state index is 9.97. The van der Waals surface area contributed by atoms with Gasteiger partial charge in [0.2, 0.25) is 0 Å². The number of methoxy groups -OCH3 is 1. The number of nitrogens with one attached hydrogen (secondary N) is 1. The van der Waals surface area contributed by atoms with Gasteiger partial charge in [0.15, 0.2) is 0 Å². The van der Waals surface area contributed by atoms with E-state index in [0.717, 1.165) is 25.9 Å². The molecule has 72 valence electrons. The highest BCUT2D eigenvalue weighted by molar-refractivity contribution is 4.85. The minimum Gasteiger partial charge on any atom is -0.387 e. The van der Waals surface area contributed by atoms with Crippen molar-refractivity contribution in [2.45, 2.75) is 25.4 Å². The smallest absolute Gasteiger partial charge is 0.0892 e. The van der Waals surface area contributed by atoms with Crippen LogP contribution in [0.5, 0.6) is 0 Å². The molecule has 0 spiro atoms. The van der Waals surface area contributed by atoms with Gasteiger partial charge in [-0.2, -0.15) is 0 Å². The second-order valence-electron chi connectivity index (χ2n) is 3.83. The lowest BCUT2D eigenvalue weighted by Crippen LogP contribution is -2.46. The van der Waals surface area contributed by atoms with Crippen LogP contribution in [0, 0.1) is 5.92 Å². The van der Waals surface area contributed by atoms with E-state index in [2.05, 4.69) is 5.32 Å². The van der Waals surface area contributed by atoms with Crippen molar-refractivity contribution in [1.29, 1.82) is 0 Å². The Bertz CT molecular complexity index is 130. The third kappa shape index (κ3) is 2.44. The van der Waals surface area contributed by atoms with E-state index in [-0.39, 0.29) is 0 Å². The summed E-state index contributed by atoms with van der Waals surface area (Å²) in [6, 6.07) is 0. The molecule has 0 bridgehead atoms. The average Bonchev–Trinajstić information content (AvgIpc) is 2.06. The van der Waals surface area contributed by atoms with Crippen LogP contribution in [0.25, 0.3) is 0 Å². The zero-order valence-electron chi connectivity index (χ0n) is 7.97. The first-order chi connectivity index (χ1) is 5.67. The van der Waals surface area contributed by atoms with E-state index in [9.17, 15) is 5.11 Å². The summed E-state index contributed by atoms with van der Waals surface area (Å²) >= 11 is 0. The van der Waals surface area contributed by atoms with Crippen molar-refractivity contribution < 1.29 is 9.84 Å². The molecule has 1 fully saturated rings. The lowest BCUT2D eigenvalue weighted by Gasteiger charge is -2.35. The predicted octanol–water partition coefficient (Wildman–Crippen LogP) is 0.383. The summed E-state index contributed by atoms with van der Waals surface area (Å²) in [6.45, 7) is 4.28. The Kier molecular flexibility index (Phi) is 3.50. The van der Waals surface area contributed by atoms with Crippen molar-refractivity contribution in [2.75, 3.05) is 26.8 Å². The number of hydrogen-bond donors (Lipinski definition) is 2. The second-order valence-corrected chi connectivity index (χ2v) is 3.83. The monoisotopic (exact) mass is 173 g/mol. The largest absolute Gasteiger partial charge is 0.387 e. The Morgan fingerprint density at radius 1 is 1.67 bits per heavy atom. The average molecular weight is 173 g/mol. The van der Waals surface area contributed by atoms with Crippen molar-refractivity contribution in [1.82, 2.24) is 5.32 Å². The molecule has 1 aliphatic heterocycles. The van der Waals surface area contributed by atoms with Gasteiger partial charge in [0.25, 0.3) is 0 Å². The van der Waals surface area contributed by atoms with Gasteiger partial charge in [-0.05, 0) is 26.3 Å². The van der Waals surface area contributed by atoms with E-state index in [1.165, 1.54) is 0 Å². The summed E-state index contributed by atoms with van der Waals surface area (Å²) in [7, 11) is 1.63. The Morgan fingerprint density at radius 2 is 2.42 bits per heavy atom. The van der Waals surface area contributed by atoms with E-state index < -0.39 is 5.60 Å². The van der Waals surface area contributed by atoms with Crippen molar-refractivity contribution in [3.05, 3.63) is 0 Å². The molecular formula is C9H19NO2. The molecule has 1 rings (SSSR count). The van der Waals surface area contributed by atoms with Crippen LogP contribution in [0.3, 0.4) is 0 Å². The molecule has 0 radical (unpaired) electrons. The molecular weight excluding hydrogens is 154 g/mol. The van der Waals surface area contributed by atoms with Crippen molar-refractivity contribution in [2.24, 2.45) is 5.92 Å². The van der Waals surface area contributed by atoms with Crippen LogP contribution in [0.2, 0.25) is 0 Å². The number of hydrogen-bond acceptors (Lipinski definition) is 3. The summed E-state index contributed by atoms with van der Waals surface area (Å²) in [5.74, 6) is 0.339. The van der Waals surface area contributed by atoms with E-state index in [1.807, 2.05) is 6.92 Å². The first-order valence-electron chi connectivity index (χ1n) is 4.59. The first kappa shape index (κ1) is 9.96. The highest BCUT2D eigenvalue weighted by atomic mass is 16.5. The maximum Gasteiger partial charge on any atom is 0.0892 e. The number of aliphatic hydroxyl groups is 1. The van der Waals surface area contributed by atoms with Crippen LogP contribution in [0.15, 0.2) is 0 Å². The molecule has 1 aliphatic rings. The molecule has 3 nitrogen and oxygen atoms in total. The van der Waals surface area contributed by atoms with Crippen LogP contribution in [0.1, 0.15) is 19.8 Å². The molecule has 2 N–H and O–H groups in total. The van der Waals surface area contributed by atoms with Crippen LogP contribution >= 0.6 is 0 Å². The summed E-state index contributed by atoms with van der Waals surface area (Å²) in [5, 5.41) is 13.3. The summed E-state index contributed by atoms with van der Waals surface area (Å²) in [5.41, 5.74) is -0.665. The van der Waals surface area contributed by atoms with E-state index in [0.29, 0.717) is 12.5 Å². The fraction of sp³-hybridized carbons (Fsp3) is 1.00. The predicted molar refractivity (Wildman–Crippen MR) is 48.1 cm³/mol. The van der Waals surface area contributed by atoms with E-state index in [4.69, 9.17) is 4.74 Å². The van der Waals surface area contributed by atoms with Gasteiger partial charge in [-0.1, -0.05) is 0 Å². The highest BCUT2D eigenvalue weighted by Crippen LogP contribution is 2.23. The fourth-order valence-electron chi connectivity index (χ4n) is 1.79. The van der Waals surface area contributed by atoms with Gasteiger partial charge in [-0.3, -0.25) is 0 Å². The van der Waals surface area contributed by atoms with E-state index in [1.54, 1.807) is 7.11 Å². The SMILES string of the molecule is COC[C@@](C)(O)[C@H]1CCCNC1. The van der Waals surface area contributed by atoms with Gasteiger partial charge in [-0.15, -0.1) is 0 Å². The third-order valence-electron chi connectivity index (χ3n) is 2.61. The van der Waals surface area contributed by atoms with E-state index >= 15 is 0 Å². The molecule has 0 aliphatic carbocycles. The molecule has 1 heterocycles. The molecule has 0 amide bonds. The first-order valence-corrected chi connectivity index (χ1v) is 4.59. The quantitative estimate of drug-likeness (QED) is 0.648. The minimum atomic E-state index is -0.665. The normalized spacial score (nSPS) is 29.8. The Morgan fingerprint density at radius 3 is 2.92 bits per heavy atom.